The van der Waals surface area contributed by atoms with Gasteiger partial charge in [0.1, 0.15) is 0 Å². The minimum atomic E-state index is 0.492. The average Bonchev–Trinajstić information content (AvgIpc) is 3.35. The Morgan fingerprint density at radius 3 is 2.76 bits per heavy atom. The predicted molar refractivity (Wildman–Crippen MR) is 114 cm³/mol. The molecule has 0 saturated carbocycles. The Morgan fingerprint density at radius 1 is 1.17 bits per heavy atom. The van der Waals surface area contributed by atoms with E-state index in [0.717, 1.165) is 45.9 Å². The number of hydrogen-bond acceptors (Lipinski definition) is 10. The van der Waals surface area contributed by atoms with Gasteiger partial charge in [0, 0.05) is 13.0 Å². The summed E-state index contributed by atoms with van der Waals surface area (Å²) in [5.41, 5.74) is 1.16. The number of rotatable bonds is 11. The quantitative estimate of drug-likeness (QED) is 0.447. The molecular weight excluding hydrogens is 410 g/mol. The summed E-state index contributed by atoms with van der Waals surface area (Å²) in [7, 11) is 3.27. The zero-order valence-electron chi connectivity index (χ0n) is 17.0. The maximum absolute atomic E-state index is 5.34. The van der Waals surface area contributed by atoms with Crippen molar-refractivity contribution < 1.29 is 14.0 Å². The van der Waals surface area contributed by atoms with Crippen molar-refractivity contribution in [3.63, 3.8) is 0 Å². The molecule has 0 radical (unpaired) electrons. The van der Waals surface area contributed by atoms with E-state index >= 15 is 0 Å². The summed E-state index contributed by atoms with van der Waals surface area (Å²) in [6, 6.07) is 5.93. The molecule has 0 amide bonds. The molecule has 156 valence electrons. The molecule has 2 aromatic heterocycles. The summed E-state index contributed by atoms with van der Waals surface area (Å²) in [6.07, 6.45) is 1.63. The van der Waals surface area contributed by atoms with Gasteiger partial charge in [-0.1, -0.05) is 48.2 Å². The maximum Gasteiger partial charge on any atom is 0.226 e. The zero-order chi connectivity index (χ0) is 20.6. The molecule has 0 fully saturated rings. The van der Waals surface area contributed by atoms with E-state index in [0.29, 0.717) is 23.4 Å². The van der Waals surface area contributed by atoms with Gasteiger partial charge < -0.3 is 19.3 Å². The normalized spacial score (nSPS) is 11.1. The van der Waals surface area contributed by atoms with E-state index < -0.39 is 0 Å². The number of thioether (sulfide) groups is 1. The van der Waals surface area contributed by atoms with Gasteiger partial charge in [0.2, 0.25) is 11.0 Å². The fourth-order valence-electron chi connectivity index (χ4n) is 2.60. The smallest absolute Gasteiger partial charge is 0.226 e. The van der Waals surface area contributed by atoms with Crippen molar-refractivity contribution in [3.8, 4) is 11.5 Å². The summed E-state index contributed by atoms with van der Waals surface area (Å²) >= 11 is 3.07. The number of ether oxygens (including phenoxy) is 2. The summed E-state index contributed by atoms with van der Waals surface area (Å²) in [6.45, 7) is 5.00. The standard InChI is InChI=1S/C19H25N5O3S2/c1-12(2)9-17-21-16(24-27-17)11-28-19-23-22-18(29-19)20-8-7-13-5-6-14(25-3)15(10-13)26-4/h5-6,10,12H,7-9,11H2,1-4H3,(H,20,22). The SMILES string of the molecule is COc1ccc(CCNc2nnc(SCc3noc(CC(C)C)n3)s2)cc1OC. The van der Waals surface area contributed by atoms with Crippen molar-refractivity contribution >= 4 is 28.2 Å². The highest BCUT2D eigenvalue weighted by molar-refractivity contribution is 8.00. The van der Waals surface area contributed by atoms with Crippen LogP contribution in [0.4, 0.5) is 5.13 Å². The highest BCUT2D eigenvalue weighted by Gasteiger charge is 2.11. The molecule has 0 atom stereocenters. The van der Waals surface area contributed by atoms with Crippen LogP contribution in [0.1, 0.15) is 31.1 Å². The molecule has 0 unspecified atom stereocenters. The molecule has 29 heavy (non-hydrogen) atoms. The number of nitrogens with one attached hydrogen (secondary N) is 1. The van der Waals surface area contributed by atoms with Crippen LogP contribution in [-0.4, -0.2) is 41.1 Å². The molecule has 3 aromatic rings. The van der Waals surface area contributed by atoms with Gasteiger partial charge in [0.25, 0.3) is 0 Å². The largest absolute Gasteiger partial charge is 0.493 e. The second kappa shape index (κ2) is 10.4. The first-order valence-electron chi connectivity index (χ1n) is 9.30. The fourth-order valence-corrected chi connectivity index (χ4v) is 4.22. The van der Waals surface area contributed by atoms with E-state index in [2.05, 4.69) is 39.5 Å². The lowest BCUT2D eigenvalue weighted by Gasteiger charge is -2.09. The second-order valence-electron chi connectivity index (χ2n) is 6.73. The summed E-state index contributed by atoms with van der Waals surface area (Å²) in [5.74, 6) is 3.94. The Balaban J connectivity index is 1.45. The maximum atomic E-state index is 5.34. The minimum absolute atomic E-state index is 0.492. The number of hydrogen-bond donors (Lipinski definition) is 1. The average molecular weight is 436 g/mol. The third-order valence-electron chi connectivity index (χ3n) is 3.96. The van der Waals surface area contributed by atoms with Crippen LogP contribution in [0, 0.1) is 5.92 Å². The van der Waals surface area contributed by atoms with E-state index in [9.17, 15) is 0 Å². The van der Waals surface area contributed by atoms with Crippen LogP contribution in [0.2, 0.25) is 0 Å². The Bertz CT molecular complexity index is 913. The van der Waals surface area contributed by atoms with E-state index in [4.69, 9.17) is 14.0 Å². The van der Waals surface area contributed by atoms with E-state index in [1.165, 1.54) is 11.3 Å². The van der Waals surface area contributed by atoms with Gasteiger partial charge in [-0.25, -0.2) is 0 Å². The van der Waals surface area contributed by atoms with Crippen molar-refractivity contribution in [1.82, 2.24) is 20.3 Å². The monoisotopic (exact) mass is 435 g/mol. The van der Waals surface area contributed by atoms with Crippen molar-refractivity contribution in [1.29, 1.82) is 0 Å². The lowest BCUT2D eigenvalue weighted by Crippen LogP contribution is -2.04. The number of methoxy groups -OCH3 is 2. The minimum Gasteiger partial charge on any atom is -0.493 e. The predicted octanol–water partition coefficient (Wildman–Crippen LogP) is 4.08. The van der Waals surface area contributed by atoms with Gasteiger partial charge in [-0.15, -0.1) is 10.2 Å². The highest BCUT2D eigenvalue weighted by Crippen LogP contribution is 2.29. The Hall–Kier alpha value is -2.33. The van der Waals surface area contributed by atoms with Gasteiger partial charge in [-0.3, -0.25) is 0 Å². The van der Waals surface area contributed by atoms with Crippen molar-refractivity contribution in [2.75, 3.05) is 26.1 Å². The molecular formula is C19H25N5O3S2. The number of aromatic nitrogens is 4. The van der Waals surface area contributed by atoms with Gasteiger partial charge >= 0.3 is 0 Å². The Kier molecular flexibility index (Phi) is 7.70. The zero-order valence-corrected chi connectivity index (χ0v) is 18.6. The van der Waals surface area contributed by atoms with E-state index in [-0.39, 0.29) is 0 Å². The first kappa shape index (κ1) is 21.4. The second-order valence-corrected chi connectivity index (χ2v) is 8.93. The van der Waals surface area contributed by atoms with Gasteiger partial charge in [0.15, 0.2) is 21.7 Å². The highest BCUT2D eigenvalue weighted by atomic mass is 32.2. The Labute approximate surface area is 178 Å². The first-order chi connectivity index (χ1) is 14.1. The van der Waals surface area contributed by atoms with E-state index in [1.807, 2.05) is 18.2 Å². The lowest BCUT2D eigenvalue weighted by atomic mass is 10.1. The van der Waals surface area contributed by atoms with Crippen LogP contribution in [0.5, 0.6) is 11.5 Å². The molecule has 1 aromatic carbocycles. The first-order valence-corrected chi connectivity index (χ1v) is 11.1. The van der Waals surface area contributed by atoms with Crippen LogP contribution in [0.25, 0.3) is 0 Å². The summed E-state index contributed by atoms with van der Waals surface area (Å²) in [4.78, 5) is 4.40. The van der Waals surface area contributed by atoms with Gasteiger partial charge in [-0.2, -0.15) is 4.98 Å². The summed E-state index contributed by atoms with van der Waals surface area (Å²) < 4.78 is 16.7. The molecule has 2 heterocycles. The van der Waals surface area contributed by atoms with Crippen LogP contribution >= 0.6 is 23.1 Å². The van der Waals surface area contributed by atoms with E-state index in [1.54, 1.807) is 26.0 Å². The molecule has 1 N–H and O–H groups in total. The summed E-state index contributed by atoms with van der Waals surface area (Å²) in [5, 5.41) is 16.5. The van der Waals surface area contributed by atoms with Crippen LogP contribution < -0.4 is 14.8 Å². The van der Waals surface area contributed by atoms with Gasteiger partial charge in [0.05, 0.1) is 20.0 Å². The molecule has 0 saturated heterocycles. The van der Waals surface area contributed by atoms with Crippen molar-refractivity contribution in [3.05, 3.63) is 35.5 Å². The lowest BCUT2D eigenvalue weighted by molar-refractivity contribution is 0.354. The van der Waals surface area contributed by atoms with Crippen LogP contribution in [-0.2, 0) is 18.6 Å². The van der Waals surface area contributed by atoms with Crippen LogP contribution in [0.15, 0.2) is 27.1 Å². The van der Waals surface area contributed by atoms with Gasteiger partial charge in [-0.05, 0) is 30.0 Å². The molecule has 0 bridgehead atoms. The molecule has 0 aliphatic carbocycles. The third-order valence-corrected chi connectivity index (χ3v) is 5.97. The molecule has 0 spiro atoms. The van der Waals surface area contributed by atoms with Crippen molar-refractivity contribution in [2.45, 2.75) is 36.8 Å². The Morgan fingerprint density at radius 2 is 2.00 bits per heavy atom. The number of benzene rings is 1. The molecule has 3 rings (SSSR count). The fraction of sp³-hybridized carbons (Fsp3) is 0.474. The van der Waals surface area contributed by atoms with Crippen molar-refractivity contribution in [2.24, 2.45) is 5.92 Å². The third kappa shape index (κ3) is 6.33. The van der Waals surface area contributed by atoms with Crippen LogP contribution in [0.3, 0.4) is 0 Å². The molecule has 0 aliphatic rings. The number of anilines is 1. The number of nitrogens with zero attached hydrogens (tertiary/aromatic N) is 4. The molecule has 0 aliphatic heterocycles. The topological polar surface area (TPSA) is 95.2 Å². The molecule has 10 heteroatoms. The molecule has 8 nitrogen and oxygen atoms in total.